The van der Waals surface area contributed by atoms with Crippen LogP contribution in [0.2, 0.25) is 5.02 Å². The number of amides is 1. The molecule has 2 rings (SSSR count). The molecule has 0 spiro atoms. The van der Waals surface area contributed by atoms with Crippen LogP contribution < -0.4 is 10.5 Å². The third-order valence-electron chi connectivity index (χ3n) is 2.93. The van der Waals surface area contributed by atoms with E-state index in [2.05, 4.69) is 15.9 Å². The van der Waals surface area contributed by atoms with Crippen LogP contribution in [0.25, 0.3) is 0 Å². The molecule has 0 saturated heterocycles. The number of hydrogen-bond acceptors (Lipinski definition) is 2. The van der Waals surface area contributed by atoms with E-state index in [1.807, 2.05) is 30.3 Å². The van der Waals surface area contributed by atoms with E-state index >= 15 is 0 Å². The van der Waals surface area contributed by atoms with Crippen LogP contribution in [-0.2, 0) is 6.42 Å². The lowest BCUT2D eigenvalue weighted by Gasteiger charge is -2.09. The molecule has 0 heterocycles. The number of halogens is 2. The number of rotatable bonds is 4. The monoisotopic (exact) mass is 353 g/mol. The summed E-state index contributed by atoms with van der Waals surface area (Å²) < 4.78 is 5.90. The van der Waals surface area contributed by atoms with Gasteiger partial charge in [-0.1, -0.05) is 39.7 Å². The summed E-state index contributed by atoms with van der Waals surface area (Å²) in [5, 5.41) is 0.400. The minimum absolute atomic E-state index is 0.324. The summed E-state index contributed by atoms with van der Waals surface area (Å²) in [6.07, 6.45) is 0.614. The van der Waals surface area contributed by atoms with Gasteiger partial charge in [0.2, 0.25) is 5.91 Å². The van der Waals surface area contributed by atoms with Crippen LogP contribution in [0.4, 0.5) is 0 Å². The van der Waals surface area contributed by atoms with Crippen molar-refractivity contribution in [2.75, 3.05) is 7.11 Å². The van der Waals surface area contributed by atoms with Crippen LogP contribution in [0.3, 0.4) is 0 Å². The van der Waals surface area contributed by atoms with E-state index in [9.17, 15) is 4.79 Å². The molecule has 1 amide bonds. The third kappa shape index (κ3) is 3.32. The lowest BCUT2D eigenvalue weighted by Crippen LogP contribution is -2.12. The summed E-state index contributed by atoms with van der Waals surface area (Å²) in [4.78, 5) is 11.4. The van der Waals surface area contributed by atoms with Gasteiger partial charge in [-0.3, -0.25) is 4.79 Å². The molecule has 104 valence electrons. The molecule has 3 nitrogen and oxygen atoms in total. The number of primary amides is 1. The van der Waals surface area contributed by atoms with Crippen LogP contribution >= 0.6 is 27.5 Å². The maximum atomic E-state index is 11.4. The summed E-state index contributed by atoms with van der Waals surface area (Å²) in [5.41, 5.74) is 7.56. The van der Waals surface area contributed by atoms with Gasteiger partial charge in [-0.25, -0.2) is 0 Å². The molecule has 0 aromatic heterocycles. The van der Waals surface area contributed by atoms with Crippen molar-refractivity contribution < 1.29 is 9.53 Å². The first kappa shape index (κ1) is 14.9. The predicted octanol–water partition coefficient (Wildman–Crippen LogP) is 3.80. The Bertz CT molecular complexity index is 641. The van der Waals surface area contributed by atoms with E-state index in [-0.39, 0.29) is 0 Å². The van der Waals surface area contributed by atoms with Gasteiger partial charge in [-0.05, 0) is 41.8 Å². The predicted molar refractivity (Wildman–Crippen MR) is 83.5 cm³/mol. The minimum atomic E-state index is -0.535. The molecular formula is C15H13BrClNO2. The highest BCUT2D eigenvalue weighted by molar-refractivity contribution is 9.10. The highest BCUT2D eigenvalue weighted by Crippen LogP contribution is 2.28. The highest BCUT2D eigenvalue weighted by atomic mass is 79.9. The molecule has 0 aliphatic carbocycles. The molecule has 0 radical (unpaired) electrons. The number of methoxy groups -OCH3 is 1. The van der Waals surface area contributed by atoms with Crippen molar-refractivity contribution in [1.82, 2.24) is 0 Å². The summed E-state index contributed by atoms with van der Waals surface area (Å²) in [7, 11) is 1.62. The summed E-state index contributed by atoms with van der Waals surface area (Å²) in [5.74, 6) is 0.263. The average molecular weight is 355 g/mol. The topological polar surface area (TPSA) is 52.3 Å². The number of carbonyl (C=O) groups excluding carboxylic acids is 1. The maximum Gasteiger partial charge on any atom is 0.250 e. The molecular weight excluding hydrogens is 342 g/mol. The first-order valence-corrected chi connectivity index (χ1v) is 7.09. The Labute approximate surface area is 130 Å². The van der Waals surface area contributed by atoms with Crippen molar-refractivity contribution in [2.45, 2.75) is 6.42 Å². The van der Waals surface area contributed by atoms with E-state index in [0.29, 0.717) is 17.0 Å². The van der Waals surface area contributed by atoms with Gasteiger partial charge in [0.05, 0.1) is 17.7 Å². The van der Waals surface area contributed by atoms with Gasteiger partial charge in [-0.15, -0.1) is 0 Å². The minimum Gasteiger partial charge on any atom is -0.497 e. The molecule has 0 aliphatic heterocycles. The fourth-order valence-electron chi connectivity index (χ4n) is 1.92. The lowest BCUT2D eigenvalue weighted by molar-refractivity contribution is 0.100. The Balaban J connectivity index is 2.35. The number of benzene rings is 2. The van der Waals surface area contributed by atoms with Gasteiger partial charge in [0.15, 0.2) is 0 Å². The van der Waals surface area contributed by atoms with Crippen LogP contribution in [-0.4, -0.2) is 13.0 Å². The van der Waals surface area contributed by atoms with Crippen molar-refractivity contribution in [1.29, 1.82) is 0 Å². The second kappa shape index (κ2) is 6.29. The van der Waals surface area contributed by atoms with Gasteiger partial charge in [-0.2, -0.15) is 0 Å². The van der Waals surface area contributed by atoms with E-state index in [1.165, 1.54) is 0 Å². The molecule has 0 atom stereocenters. The Morgan fingerprint density at radius 2 is 1.95 bits per heavy atom. The van der Waals surface area contributed by atoms with Crippen molar-refractivity contribution in [2.24, 2.45) is 5.73 Å². The number of hydrogen-bond donors (Lipinski definition) is 1. The smallest absolute Gasteiger partial charge is 0.250 e. The van der Waals surface area contributed by atoms with Gasteiger partial charge in [0, 0.05) is 4.47 Å². The van der Waals surface area contributed by atoms with E-state index < -0.39 is 5.91 Å². The molecule has 20 heavy (non-hydrogen) atoms. The summed E-state index contributed by atoms with van der Waals surface area (Å²) >= 11 is 9.60. The molecule has 5 heteroatoms. The summed E-state index contributed by atoms with van der Waals surface area (Å²) in [6, 6.07) is 11.2. The van der Waals surface area contributed by atoms with E-state index in [1.54, 1.807) is 13.2 Å². The molecule has 2 N–H and O–H groups in total. The fourth-order valence-corrected chi connectivity index (χ4v) is 2.69. The van der Waals surface area contributed by atoms with Gasteiger partial charge >= 0.3 is 0 Å². The van der Waals surface area contributed by atoms with Gasteiger partial charge < -0.3 is 10.5 Å². The number of carbonyl (C=O) groups is 1. The van der Waals surface area contributed by atoms with Crippen molar-refractivity contribution >= 4 is 33.4 Å². The first-order chi connectivity index (χ1) is 9.51. The zero-order valence-corrected chi connectivity index (χ0v) is 13.2. The first-order valence-electron chi connectivity index (χ1n) is 5.92. The molecule has 0 saturated carbocycles. The Hall–Kier alpha value is -1.52. The molecule has 2 aromatic rings. The van der Waals surface area contributed by atoms with Gasteiger partial charge in [0.25, 0.3) is 0 Å². The average Bonchev–Trinajstić information content (AvgIpc) is 2.43. The zero-order chi connectivity index (χ0) is 14.7. The standard InChI is InChI=1S/C15H13BrClNO2/c1-20-12-4-2-9(3-5-12)6-10-7-11(16)8-13(14(10)17)15(18)19/h2-5,7-8H,6H2,1H3,(H2,18,19). The normalized spacial score (nSPS) is 10.3. The van der Waals surface area contributed by atoms with Crippen molar-refractivity contribution in [3.63, 3.8) is 0 Å². The Morgan fingerprint density at radius 1 is 1.30 bits per heavy atom. The van der Waals surface area contributed by atoms with Crippen molar-refractivity contribution in [3.8, 4) is 5.75 Å². The van der Waals surface area contributed by atoms with Crippen LogP contribution in [0, 0.1) is 0 Å². The third-order valence-corrected chi connectivity index (χ3v) is 3.84. The maximum absolute atomic E-state index is 11.4. The molecule has 2 aromatic carbocycles. The van der Waals surface area contributed by atoms with Crippen molar-refractivity contribution in [3.05, 3.63) is 62.6 Å². The van der Waals surface area contributed by atoms with E-state index in [4.69, 9.17) is 22.1 Å². The second-order valence-electron chi connectivity index (χ2n) is 4.32. The van der Waals surface area contributed by atoms with E-state index in [0.717, 1.165) is 21.3 Å². The molecule has 0 unspecified atom stereocenters. The quantitative estimate of drug-likeness (QED) is 0.908. The lowest BCUT2D eigenvalue weighted by atomic mass is 10.0. The molecule has 0 aliphatic rings. The van der Waals surface area contributed by atoms with Crippen LogP contribution in [0.5, 0.6) is 5.75 Å². The zero-order valence-electron chi connectivity index (χ0n) is 10.8. The summed E-state index contributed by atoms with van der Waals surface area (Å²) in [6.45, 7) is 0. The second-order valence-corrected chi connectivity index (χ2v) is 5.61. The Kier molecular flexibility index (Phi) is 4.68. The molecule has 0 fully saturated rings. The Morgan fingerprint density at radius 3 is 2.50 bits per heavy atom. The number of nitrogens with two attached hydrogens (primary N) is 1. The fraction of sp³-hybridized carbons (Fsp3) is 0.133. The largest absolute Gasteiger partial charge is 0.497 e. The molecule has 0 bridgehead atoms. The van der Waals surface area contributed by atoms with Gasteiger partial charge in [0.1, 0.15) is 5.75 Å². The van der Waals surface area contributed by atoms with Crippen LogP contribution in [0.1, 0.15) is 21.5 Å². The highest BCUT2D eigenvalue weighted by Gasteiger charge is 2.13. The SMILES string of the molecule is COc1ccc(Cc2cc(Br)cc(C(N)=O)c2Cl)cc1. The van der Waals surface area contributed by atoms with Crippen LogP contribution in [0.15, 0.2) is 40.9 Å². The number of ether oxygens (including phenoxy) is 1.